The van der Waals surface area contributed by atoms with Gasteiger partial charge >= 0.3 is 0 Å². The van der Waals surface area contributed by atoms with E-state index in [0.717, 1.165) is 0 Å². The molecule has 0 aliphatic heterocycles. The van der Waals surface area contributed by atoms with Gasteiger partial charge in [-0.3, -0.25) is 0 Å². The van der Waals surface area contributed by atoms with Crippen LogP contribution in [0.3, 0.4) is 0 Å². The summed E-state index contributed by atoms with van der Waals surface area (Å²) in [7, 11) is 24.0. The van der Waals surface area contributed by atoms with Crippen LogP contribution >= 0.6 is 0 Å². The van der Waals surface area contributed by atoms with Crippen molar-refractivity contribution in [3.8, 4) is 0 Å². The van der Waals surface area contributed by atoms with Crippen molar-refractivity contribution in [2.24, 2.45) is 91.7 Å². The molecular weight excluding hydrogens is 608 g/mol. The second-order valence-corrected chi connectivity index (χ2v) is 0. The Balaban J connectivity index is -0.00000000569. The summed E-state index contributed by atoms with van der Waals surface area (Å²) in [4.78, 5) is 0. The molecule has 0 radical (unpaired) electrons. The zero-order valence-corrected chi connectivity index (χ0v) is 41.2. The second-order valence-electron chi connectivity index (χ2n) is 0. The largest absolute Gasteiger partial charge is 0.333 e. The van der Waals surface area contributed by atoms with Crippen molar-refractivity contribution in [1.82, 2.24) is 0 Å². The minimum Gasteiger partial charge on any atom is -0.333 e. The van der Waals surface area contributed by atoms with Gasteiger partial charge in [-0.25, -0.2) is 0 Å². The van der Waals surface area contributed by atoms with Crippen molar-refractivity contribution in [1.29, 1.82) is 0 Å². The topological polar surface area (TPSA) is 416 Å². The van der Waals surface area contributed by atoms with E-state index in [4.69, 9.17) is 0 Å². The Morgan fingerprint density at radius 2 is 0.0833 bits per heavy atom. The maximum Gasteiger partial charge on any atom is -0.0195 e. The Labute approximate surface area is 315 Å². The van der Waals surface area contributed by atoms with Crippen LogP contribution in [0.4, 0.5) is 0 Å². The van der Waals surface area contributed by atoms with E-state index in [1.54, 1.807) is 0 Å². The van der Waals surface area contributed by atoms with Crippen LogP contribution in [0.2, 0.25) is 0 Å². The molecule has 0 bridgehead atoms. The summed E-state index contributed by atoms with van der Waals surface area (Å²) in [6.45, 7) is 32.0. The summed E-state index contributed by atoms with van der Waals surface area (Å²) in [5.74, 6) is 0. The maximum absolute atomic E-state index is 4.50. The van der Waals surface area contributed by atoms with Crippen molar-refractivity contribution in [2.75, 3.05) is 113 Å². The molecule has 32 N–H and O–H groups in total. The predicted octanol–water partition coefficient (Wildman–Crippen LogP) is 1.41. The van der Waals surface area contributed by atoms with Gasteiger partial charge in [-0.1, -0.05) is 111 Å². The highest BCUT2D eigenvalue weighted by molar-refractivity contribution is 3.58. The van der Waals surface area contributed by atoms with Gasteiger partial charge in [0.2, 0.25) is 0 Å². The van der Waals surface area contributed by atoms with E-state index in [2.05, 4.69) is 91.7 Å². The lowest BCUT2D eigenvalue weighted by molar-refractivity contribution is 1.48. The molecule has 0 aromatic rings. The summed E-state index contributed by atoms with van der Waals surface area (Å²) < 4.78 is 0. The molecule has 16 heteroatoms. The van der Waals surface area contributed by atoms with E-state index >= 15 is 0 Å². The Morgan fingerprint density at radius 3 is 0.0833 bits per heavy atom. The molecule has 0 aliphatic rings. The van der Waals surface area contributed by atoms with E-state index in [1.165, 1.54) is 113 Å². The summed E-state index contributed by atoms with van der Waals surface area (Å²) in [6.07, 6.45) is 0. The second kappa shape index (κ2) is 233000. The van der Waals surface area contributed by atoms with Crippen LogP contribution in [0, 0.1) is 0 Å². The number of hydrogen-bond donors (Lipinski definition) is 16. The fourth-order valence-electron chi connectivity index (χ4n) is 0. The first kappa shape index (κ1) is 187. The smallest absolute Gasteiger partial charge is 0.0195 e. The van der Waals surface area contributed by atoms with Crippen LogP contribution in [-0.2, 0) is 0 Å². The van der Waals surface area contributed by atoms with E-state index in [9.17, 15) is 0 Å². The quantitative estimate of drug-likeness (QED) is 0.167. The van der Waals surface area contributed by atoms with Gasteiger partial charge in [0, 0.05) is 0 Å². The minimum atomic E-state index is 1.50. The Kier molecular flexibility index (Phi) is 905000. The monoisotopic (exact) mass is 737 g/mol. The van der Waals surface area contributed by atoms with Gasteiger partial charge in [-0.15, -0.1) is 0 Å². The van der Waals surface area contributed by atoms with Crippen molar-refractivity contribution in [3.05, 3.63) is 0 Å². The first-order chi connectivity index (χ1) is 24.0. The zero-order chi connectivity index (χ0) is 48.0. The number of nitrogens with two attached hydrogens (primary N) is 16. The molecule has 48 heavy (non-hydrogen) atoms. The van der Waals surface area contributed by atoms with Crippen LogP contribution in [0.1, 0.15) is 111 Å². The number of rotatable bonds is 0. The molecule has 0 aromatic carbocycles. The molecule has 0 aromatic heterocycles. The fourth-order valence-corrected chi connectivity index (χ4v) is 0. The summed E-state index contributed by atoms with van der Waals surface area (Å²) in [5, 5.41) is 0. The predicted molar refractivity (Wildman–Crippen MR) is 253 cm³/mol. The normalized spacial score (nSPS) is 3.00. The molecule has 0 aliphatic carbocycles. The third-order valence-electron chi connectivity index (χ3n) is 0. The van der Waals surface area contributed by atoms with Crippen LogP contribution in [0.15, 0.2) is 0 Å². The SMILES string of the molecule is CC.CC.CC.CC.CC.CC.CC.CC.CN.CN.CN.CN.CN.CN.CN.CN.CN.CN.CN.CN.CN.CN.CN.CN. The summed E-state index contributed by atoms with van der Waals surface area (Å²) in [6, 6.07) is 0. The number of hydrogen-bond acceptors (Lipinski definition) is 16. The molecule has 0 amide bonds. The van der Waals surface area contributed by atoms with Gasteiger partial charge in [-0.2, -0.15) is 0 Å². The van der Waals surface area contributed by atoms with E-state index < -0.39 is 0 Å². The van der Waals surface area contributed by atoms with Crippen LogP contribution in [-0.4, -0.2) is 113 Å². The van der Waals surface area contributed by atoms with Gasteiger partial charge in [0.05, 0.1) is 0 Å². The molecule has 0 fully saturated rings. The lowest BCUT2D eigenvalue weighted by Gasteiger charge is -1.19. The average Bonchev–Trinajstić information content (AvgIpc) is 3.34. The zero-order valence-electron chi connectivity index (χ0n) is 41.2. The van der Waals surface area contributed by atoms with Crippen molar-refractivity contribution in [3.63, 3.8) is 0 Å². The third kappa shape index (κ3) is 218000. The highest BCUT2D eigenvalue weighted by Gasteiger charge is 0.952. The Hall–Kier alpha value is -0.640. The standard InChI is InChI=1S/8C2H6.16CH5N/c24*1-2/h8*1-2H3;16*2H2,1H3. The van der Waals surface area contributed by atoms with Gasteiger partial charge < -0.3 is 91.7 Å². The molecule has 336 valence electrons. The molecule has 0 unspecified atom stereocenters. The van der Waals surface area contributed by atoms with Crippen molar-refractivity contribution in [2.45, 2.75) is 111 Å². The molecule has 0 spiro atoms. The van der Waals surface area contributed by atoms with Gasteiger partial charge in [0.25, 0.3) is 0 Å². The first-order valence-electron chi connectivity index (χ1n) is 17.2. The lowest BCUT2D eigenvalue weighted by Crippen LogP contribution is -1.69. The van der Waals surface area contributed by atoms with Gasteiger partial charge in [-0.05, 0) is 113 Å². The Morgan fingerprint density at radius 1 is 0.0833 bits per heavy atom. The maximum atomic E-state index is 4.50. The molecule has 0 heterocycles. The average molecular weight is 737 g/mol. The third-order valence-corrected chi connectivity index (χ3v) is 0. The first-order valence-corrected chi connectivity index (χ1v) is 17.2. The summed E-state index contributed by atoms with van der Waals surface area (Å²) >= 11 is 0. The van der Waals surface area contributed by atoms with Gasteiger partial charge in [0.1, 0.15) is 0 Å². The summed E-state index contributed by atoms with van der Waals surface area (Å²) in [5.41, 5.74) is 72.0. The highest BCUT2D eigenvalue weighted by atomic mass is 14.4. The molecular formula is C32H128N16. The lowest BCUT2D eigenvalue weighted by atomic mass is 11.0. The minimum absolute atomic E-state index is 1.50. The van der Waals surface area contributed by atoms with Crippen LogP contribution < -0.4 is 91.7 Å². The van der Waals surface area contributed by atoms with Crippen LogP contribution in [0.25, 0.3) is 0 Å². The van der Waals surface area contributed by atoms with Crippen molar-refractivity contribution >= 4 is 0 Å². The van der Waals surface area contributed by atoms with E-state index in [0.29, 0.717) is 0 Å². The molecule has 16 nitrogen and oxygen atoms in total. The highest BCUT2D eigenvalue weighted by Crippen LogP contribution is 1.16. The van der Waals surface area contributed by atoms with Crippen LogP contribution in [0.5, 0.6) is 0 Å². The van der Waals surface area contributed by atoms with E-state index in [-0.39, 0.29) is 0 Å². The molecule has 0 saturated carbocycles. The Bertz CT molecular complexity index is 44.1. The fraction of sp³-hybridized carbons (Fsp3) is 1.00. The van der Waals surface area contributed by atoms with E-state index in [1.807, 2.05) is 111 Å². The molecule has 0 rings (SSSR count). The molecule has 0 saturated heterocycles. The molecule has 0 atom stereocenters. The van der Waals surface area contributed by atoms with Crippen molar-refractivity contribution < 1.29 is 0 Å². The van der Waals surface area contributed by atoms with Gasteiger partial charge in [0.15, 0.2) is 0 Å².